The highest BCUT2D eigenvalue weighted by Crippen LogP contribution is 2.49. The van der Waals surface area contributed by atoms with Crippen molar-refractivity contribution in [1.29, 1.82) is 0 Å². The number of imidazole rings is 2. The Balaban J connectivity index is 0.000000184. The van der Waals surface area contributed by atoms with Crippen LogP contribution in [0.4, 0.5) is 5.69 Å². The number of hydrogen-bond acceptors (Lipinski definition) is 6. The summed E-state index contributed by atoms with van der Waals surface area (Å²) >= 11 is 0. The van der Waals surface area contributed by atoms with Crippen LogP contribution >= 0.6 is 0 Å². The van der Waals surface area contributed by atoms with Crippen LogP contribution < -0.4 is 9.64 Å². The maximum Gasteiger partial charge on any atom is 0.335 e. The van der Waals surface area contributed by atoms with Gasteiger partial charge in [-0.2, -0.15) is 0 Å². The number of anilines is 1. The summed E-state index contributed by atoms with van der Waals surface area (Å²) in [4.78, 5) is 37.8. The third-order valence-electron chi connectivity index (χ3n) is 12.8. The van der Waals surface area contributed by atoms with Gasteiger partial charge in [0.25, 0.3) is 5.91 Å². The number of ether oxygens (including phenoxy) is 1. The standard InChI is InChI=1S/C33H34N4O2.C18H16N2O2/c1-22-18-26(31-34-13-17-36(31)3)8-9-27(22)23-4-6-24(7-5-23)32(38)37-14-10-25-19-30-28(20-29(25)37)33(21-39-30)11-15-35(2)16-12-33;1-12-11-15(17-19-9-10-20(17)2)7-8-16(12)13-3-5-14(6-4-13)18(21)22/h4-9,13,17-20H,10-12,14-16,21H2,1-3H3;3-11H,1-2H3,(H,21,22). The van der Waals surface area contributed by atoms with E-state index < -0.39 is 5.97 Å². The molecule has 0 radical (unpaired) electrons. The Morgan fingerprint density at radius 1 is 0.656 bits per heavy atom. The van der Waals surface area contributed by atoms with E-state index in [4.69, 9.17) is 9.84 Å². The SMILES string of the molecule is Cc1cc(-c2nccn2C)ccc1-c1ccc(C(=O)N2CCc3cc4c(cc32)C2(CCN(C)CC2)CO4)cc1.Cc1cc(-c2nccn2C)ccc1-c1ccc(C(=O)O)cc1. The van der Waals surface area contributed by atoms with Gasteiger partial charge in [-0.25, -0.2) is 14.8 Å². The normalized spacial score (nSPS) is 15.2. The first-order valence-corrected chi connectivity index (χ1v) is 20.9. The van der Waals surface area contributed by atoms with Crippen LogP contribution in [0.25, 0.3) is 45.0 Å². The molecule has 5 aromatic carbocycles. The predicted octanol–water partition coefficient (Wildman–Crippen LogP) is 9.38. The minimum atomic E-state index is -0.909. The molecule has 7 aromatic rings. The van der Waals surface area contributed by atoms with Gasteiger partial charge in [-0.15, -0.1) is 0 Å². The zero-order valence-electron chi connectivity index (χ0n) is 35.4. The summed E-state index contributed by atoms with van der Waals surface area (Å²) in [5.41, 5.74) is 13.5. The Kier molecular flexibility index (Phi) is 10.4. The Labute approximate surface area is 356 Å². The van der Waals surface area contributed by atoms with Crippen molar-refractivity contribution in [3.05, 3.63) is 155 Å². The van der Waals surface area contributed by atoms with Crippen molar-refractivity contribution >= 4 is 17.6 Å². The molecule has 0 unspecified atom stereocenters. The molecule has 1 amide bonds. The fourth-order valence-electron chi connectivity index (χ4n) is 9.19. The van der Waals surface area contributed by atoms with E-state index in [9.17, 15) is 9.59 Å². The molecule has 61 heavy (non-hydrogen) atoms. The van der Waals surface area contributed by atoms with E-state index in [1.807, 2.05) is 84.0 Å². The van der Waals surface area contributed by atoms with E-state index >= 15 is 0 Å². The lowest BCUT2D eigenvalue weighted by atomic mass is 9.74. The van der Waals surface area contributed by atoms with Crippen LogP contribution in [0.1, 0.15) is 55.8 Å². The third-order valence-corrected chi connectivity index (χ3v) is 12.8. The van der Waals surface area contributed by atoms with Crippen molar-refractivity contribution in [3.8, 4) is 50.8 Å². The van der Waals surface area contributed by atoms with Gasteiger partial charge in [-0.05, 0) is 141 Å². The van der Waals surface area contributed by atoms with E-state index in [1.54, 1.807) is 18.3 Å². The van der Waals surface area contributed by atoms with Gasteiger partial charge in [-0.1, -0.05) is 48.5 Å². The lowest BCUT2D eigenvalue weighted by Crippen LogP contribution is -2.42. The van der Waals surface area contributed by atoms with Gasteiger partial charge >= 0.3 is 5.97 Å². The number of carboxylic acids is 1. The van der Waals surface area contributed by atoms with Crippen LogP contribution in [-0.4, -0.2) is 74.3 Å². The van der Waals surface area contributed by atoms with Crippen LogP contribution in [0.2, 0.25) is 0 Å². The van der Waals surface area contributed by atoms with Gasteiger partial charge in [0.2, 0.25) is 0 Å². The first-order valence-electron chi connectivity index (χ1n) is 20.9. The third kappa shape index (κ3) is 7.52. The average Bonchev–Trinajstić information content (AvgIpc) is 4.08. The number of aryl methyl sites for hydroxylation is 4. The number of piperidine rings is 1. The zero-order chi connectivity index (χ0) is 42.4. The number of carbonyl (C=O) groups excluding carboxylic acids is 1. The van der Waals surface area contributed by atoms with Crippen LogP contribution in [-0.2, 0) is 25.9 Å². The molecule has 10 rings (SSSR count). The van der Waals surface area contributed by atoms with Gasteiger partial charge in [0, 0.05) is 78.8 Å². The monoisotopic (exact) mass is 810 g/mol. The number of fused-ring (bicyclic) bond motifs is 3. The molecule has 0 saturated carbocycles. The molecule has 2 aromatic heterocycles. The summed E-state index contributed by atoms with van der Waals surface area (Å²) in [6.45, 7) is 7.81. The van der Waals surface area contributed by atoms with Crippen LogP contribution in [0.5, 0.6) is 5.75 Å². The number of aromatic carboxylic acids is 1. The Morgan fingerprint density at radius 2 is 1.18 bits per heavy atom. The quantitative estimate of drug-likeness (QED) is 0.179. The Morgan fingerprint density at radius 3 is 1.67 bits per heavy atom. The molecule has 10 heteroatoms. The molecule has 1 N–H and O–H groups in total. The first kappa shape index (κ1) is 39.7. The van der Waals surface area contributed by atoms with Gasteiger partial charge in [-0.3, -0.25) is 4.79 Å². The molecule has 1 fully saturated rings. The highest BCUT2D eigenvalue weighted by atomic mass is 16.5. The number of likely N-dealkylation sites (tertiary alicyclic amines) is 1. The Hall–Kier alpha value is -6.78. The largest absolute Gasteiger partial charge is 0.492 e. The molecule has 0 atom stereocenters. The number of benzene rings is 5. The minimum absolute atomic E-state index is 0.0680. The molecular formula is C51H50N6O4. The Bertz CT molecular complexity index is 2780. The lowest BCUT2D eigenvalue weighted by Gasteiger charge is -2.37. The maximum atomic E-state index is 13.7. The number of hydrogen-bond donors (Lipinski definition) is 1. The molecule has 0 bridgehead atoms. The molecule has 10 nitrogen and oxygen atoms in total. The summed E-state index contributed by atoms with van der Waals surface area (Å²) in [6, 6.07) is 32.1. The zero-order valence-corrected chi connectivity index (χ0v) is 35.4. The summed E-state index contributed by atoms with van der Waals surface area (Å²) in [5.74, 6) is 2.07. The summed E-state index contributed by atoms with van der Waals surface area (Å²) < 4.78 is 10.2. The molecule has 5 heterocycles. The molecule has 1 spiro atoms. The van der Waals surface area contributed by atoms with Crippen molar-refractivity contribution < 1.29 is 19.4 Å². The first-order chi connectivity index (χ1) is 29.5. The van der Waals surface area contributed by atoms with E-state index in [0.29, 0.717) is 12.1 Å². The maximum absolute atomic E-state index is 13.7. The van der Waals surface area contributed by atoms with E-state index in [0.717, 1.165) is 107 Å². The van der Waals surface area contributed by atoms with Crippen molar-refractivity contribution in [2.24, 2.45) is 14.1 Å². The smallest absolute Gasteiger partial charge is 0.335 e. The van der Waals surface area contributed by atoms with Crippen molar-refractivity contribution in [2.75, 3.05) is 38.2 Å². The molecule has 3 aliphatic heterocycles. The number of aromatic nitrogens is 4. The van der Waals surface area contributed by atoms with Crippen molar-refractivity contribution in [1.82, 2.24) is 24.0 Å². The second kappa shape index (κ2) is 16.0. The minimum Gasteiger partial charge on any atom is -0.492 e. The molecule has 1 saturated heterocycles. The topological polar surface area (TPSA) is 106 Å². The average molecular weight is 811 g/mol. The fraction of sp³-hybridized carbons (Fsp3) is 0.255. The van der Waals surface area contributed by atoms with Crippen LogP contribution in [0.3, 0.4) is 0 Å². The number of rotatable bonds is 6. The molecule has 0 aliphatic carbocycles. The predicted molar refractivity (Wildman–Crippen MR) is 240 cm³/mol. The fourth-order valence-corrected chi connectivity index (χ4v) is 9.19. The highest BCUT2D eigenvalue weighted by Gasteiger charge is 2.44. The highest BCUT2D eigenvalue weighted by molar-refractivity contribution is 6.07. The van der Waals surface area contributed by atoms with Gasteiger partial charge in [0.15, 0.2) is 0 Å². The summed E-state index contributed by atoms with van der Waals surface area (Å²) in [7, 11) is 6.17. The number of carbonyl (C=O) groups is 2. The second-order valence-electron chi connectivity index (χ2n) is 16.8. The number of nitrogens with zero attached hydrogens (tertiary/aromatic N) is 6. The van der Waals surface area contributed by atoms with E-state index in [2.05, 4.69) is 83.4 Å². The van der Waals surface area contributed by atoms with Crippen LogP contribution in [0.15, 0.2) is 122 Å². The number of carboxylic acid groups (broad SMARTS) is 1. The van der Waals surface area contributed by atoms with Crippen molar-refractivity contribution in [3.63, 3.8) is 0 Å². The second-order valence-corrected chi connectivity index (χ2v) is 16.8. The van der Waals surface area contributed by atoms with Crippen LogP contribution in [0, 0.1) is 13.8 Å². The molecule has 308 valence electrons. The molecule has 3 aliphatic rings. The van der Waals surface area contributed by atoms with Gasteiger partial charge in [0.1, 0.15) is 17.4 Å². The lowest BCUT2D eigenvalue weighted by molar-refractivity contribution is 0.0696. The van der Waals surface area contributed by atoms with Gasteiger partial charge in [0.05, 0.1) is 12.2 Å². The van der Waals surface area contributed by atoms with Gasteiger partial charge < -0.3 is 28.8 Å². The number of amides is 1. The van der Waals surface area contributed by atoms with E-state index in [-0.39, 0.29) is 11.3 Å². The van der Waals surface area contributed by atoms with E-state index in [1.165, 1.54) is 16.7 Å². The van der Waals surface area contributed by atoms with Crippen molar-refractivity contribution in [2.45, 2.75) is 38.5 Å². The summed E-state index contributed by atoms with van der Waals surface area (Å²) in [6.07, 6.45) is 10.6. The summed E-state index contributed by atoms with van der Waals surface area (Å²) in [5, 5.41) is 8.96. The molecular weight excluding hydrogens is 761 g/mol.